The Morgan fingerprint density at radius 2 is 1.53 bits per heavy atom. The Labute approximate surface area is 264 Å². The van der Waals surface area contributed by atoms with Gasteiger partial charge in [-0.05, 0) is 65.8 Å². The number of phenols is 1. The third-order valence-electron chi connectivity index (χ3n) is 7.85. The third kappa shape index (κ3) is 8.95. The summed E-state index contributed by atoms with van der Waals surface area (Å²) in [6.07, 6.45) is 2.64. The molecule has 0 saturated heterocycles. The van der Waals surface area contributed by atoms with E-state index >= 15 is 0 Å². The lowest BCUT2D eigenvalue weighted by Gasteiger charge is -2.30. The minimum absolute atomic E-state index is 0.181. The molecule has 1 amide bonds. The summed E-state index contributed by atoms with van der Waals surface area (Å²) < 4.78 is 10.7. The molecule has 2 N–H and O–H groups in total. The van der Waals surface area contributed by atoms with Gasteiger partial charge in [-0.15, -0.1) is 0 Å². The number of nitrogens with zero attached hydrogens (tertiary/aromatic N) is 2. The summed E-state index contributed by atoms with van der Waals surface area (Å²) in [7, 11) is 1.30. The van der Waals surface area contributed by atoms with Crippen LogP contribution in [0.25, 0.3) is 0 Å². The molecule has 0 spiro atoms. The lowest BCUT2D eigenvalue weighted by atomic mass is 9.98. The van der Waals surface area contributed by atoms with E-state index < -0.39 is 12.0 Å². The maximum atomic E-state index is 13.7. The van der Waals surface area contributed by atoms with Crippen molar-refractivity contribution in [1.29, 1.82) is 0 Å². The number of amidine groups is 1. The number of ether oxygens (including phenoxy) is 2. The molecule has 8 heteroatoms. The SMILES string of the molecule is COC(=O)CNC(=O)C1C(Cc2ccc(OCc3ccccc3)cc2)N=C(Cc2cccc(O)c2)N1CCCc1ccccc1. The molecule has 232 valence electrons. The average Bonchev–Trinajstić information content (AvgIpc) is 3.39. The topological polar surface area (TPSA) is 100 Å². The fourth-order valence-electron chi connectivity index (χ4n) is 5.58. The number of amides is 1. The zero-order chi connectivity index (χ0) is 31.4. The summed E-state index contributed by atoms with van der Waals surface area (Å²) in [5, 5.41) is 12.9. The first kappa shape index (κ1) is 31.3. The van der Waals surface area contributed by atoms with E-state index in [2.05, 4.69) is 22.3 Å². The van der Waals surface area contributed by atoms with Crippen molar-refractivity contribution in [2.75, 3.05) is 20.2 Å². The quantitative estimate of drug-likeness (QED) is 0.193. The molecule has 4 aromatic rings. The van der Waals surface area contributed by atoms with E-state index in [1.54, 1.807) is 18.2 Å². The molecule has 45 heavy (non-hydrogen) atoms. The Hall–Kier alpha value is -5.11. The summed E-state index contributed by atoms with van der Waals surface area (Å²) in [4.78, 5) is 32.8. The number of methoxy groups -OCH3 is 1. The lowest BCUT2D eigenvalue weighted by Crippen LogP contribution is -2.52. The summed E-state index contributed by atoms with van der Waals surface area (Å²) in [6.45, 7) is 0.864. The number of aryl methyl sites for hydroxylation is 1. The number of esters is 1. The highest BCUT2D eigenvalue weighted by Crippen LogP contribution is 2.26. The Morgan fingerprint density at radius 1 is 0.844 bits per heavy atom. The minimum Gasteiger partial charge on any atom is -0.508 e. The molecule has 8 nitrogen and oxygen atoms in total. The molecule has 0 bridgehead atoms. The third-order valence-corrected chi connectivity index (χ3v) is 7.85. The fourth-order valence-corrected chi connectivity index (χ4v) is 5.58. The number of benzene rings is 4. The zero-order valence-corrected chi connectivity index (χ0v) is 25.5. The number of nitrogens with one attached hydrogen (secondary N) is 1. The van der Waals surface area contributed by atoms with Crippen molar-refractivity contribution in [3.05, 3.63) is 131 Å². The molecule has 5 rings (SSSR count). The van der Waals surface area contributed by atoms with Crippen LogP contribution < -0.4 is 10.1 Å². The van der Waals surface area contributed by atoms with Gasteiger partial charge in [0, 0.05) is 13.0 Å². The highest BCUT2D eigenvalue weighted by molar-refractivity contribution is 5.95. The van der Waals surface area contributed by atoms with Crippen molar-refractivity contribution >= 4 is 17.7 Å². The van der Waals surface area contributed by atoms with Crippen molar-refractivity contribution < 1.29 is 24.2 Å². The Bertz CT molecular complexity index is 1570. The molecule has 0 aliphatic carbocycles. The monoisotopic (exact) mass is 605 g/mol. The van der Waals surface area contributed by atoms with Gasteiger partial charge in [0.25, 0.3) is 0 Å². The van der Waals surface area contributed by atoms with E-state index in [-0.39, 0.29) is 24.2 Å². The predicted octanol–water partition coefficient (Wildman–Crippen LogP) is 5.13. The Morgan fingerprint density at radius 3 is 2.22 bits per heavy atom. The molecule has 0 saturated carbocycles. The second-order valence-electron chi connectivity index (χ2n) is 11.1. The van der Waals surface area contributed by atoms with Crippen LogP contribution in [0.15, 0.2) is 114 Å². The molecule has 1 heterocycles. The predicted molar refractivity (Wildman–Crippen MR) is 174 cm³/mol. The highest BCUT2D eigenvalue weighted by Gasteiger charge is 2.40. The number of carbonyl (C=O) groups excluding carboxylic acids is 2. The zero-order valence-electron chi connectivity index (χ0n) is 25.5. The van der Waals surface area contributed by atoms with E-state index in [0.29, 0.717) is 26.0 Å². The molecular formula is C37H39N3O5. The van der Waals surface area contributed by atoms with Crippen LogP contribution in [0.2, 0.25) is 0 Å². The van der Waals surface area contributed by atoms with Crippen LogP contribution >= 0.6 is 0 Å². The molecular weight excluding hydrogens is 566 g/mol. The standard InChI is InChI=1S/C37H39N3O5/c1-44-35(42)25-38-37(43)36-33(23-28-17-19-32(20-18-28)45-26-29-12-6-3-7-13-29)39-34(24-30-14-8-16-31(41)22-30)40(36)21-9-15-27-10-4-2-5-11-27/h2-8,10-14,16-20,22,33,36,41H,9,15,21,23-26H2,1H3,(H,38,43). The van der Waals surface area contributed by atoms with Gasteiger partial charge < -0.3 is 24.8 Å². The van der Waals surface area contributed by atoms with Crippen molar-refractivity contribution in [3.8, 4) is 11.5 Å². The maximum Gasteiger partial charge on any atom is 0.325 e. The van der Waals surface area contributed by atoms with Crippen LogP contribution in [0.3, 0.4) is 0 Å². The second kappa shape index (κ2) is 15.6. The number of rotatable bonds is 14. The second-order valence-corrected chi connectivity index (χ2v) is 11.1. The number of phenolic OH excluding ortho intramolecular Hbond substituents is 1. The average molecular weight is 606 g/mol. The van der Waals surface area contributed by atoms with Crippen LogP contribution in [0.4, 0.5) is 0 Å². The fraction of sp³-hybridized carbons (Fsp3) is 0.270. The maximum absolute atomic E-state index is 13.7. The van der Waals surface area contributed by atoms with Crippen molar-refractivity contribution in [2.45, 2.75) is 44.4 Å². The van der Waals surface area contributed by atoms with Gasteiger partial charge in [0.1, 0.15) is 36.5 Å². The van der Waals surface area contributed by atoms with Crippen molar-refractivity contribution in [3.63, 3.8) is 0 Å². The van der Waals surface area contributed by atoms with Crippen LogP contribution in [-0.4, -0.2) is 60.0 Å². The van der Waals surface area contributed by atoms with Gasteiger partial charge in [-0.1, -0.05) is 84.9 Å². The van der Waals surface area contributed by atoms with Crippen molar-refractivity contribution in [2.24, 2.45) is 4.99 Å². The molecule has 0 radical (unpaired) electrons. The molecule has 2 atom stereocenters. The van der Waals surface area contributed by atoms with Gasteiger partial charge in [-0.3, -0.25) is 14.6 Å². The molecule has 1 aliphatic heterocycles. The largest absolute Gasteiger partial charge is 0.508 e. The molecule has 2 unspecified atom stereocenters. The molecule has 1 aliphatic rings. The number of aliphatic imine (C=N–C) groups is 1. The van der Waals surface area contributed by atoms with E-state index in [9.17, 15) is 14.7 Å². The van der Waals surface area contributed by atoms with E-state index in [4.69, 9.17) is 14.5 Å². The summed E-state index contributed by atoms with van der Waals surface area (Å²) in [5.74, 6) is 0.931. The Balaban J connectivity index is 1.36. The molecule has 0 fully saturated rings. The number of aromatic hydroxyl groups is 1. The number of hydrogen-bond donors (Lipinski definition) is 2. The normalized spacial score (nSPS) is 15.8. The van der Waals surface area contributed by atoms with Gasteiger partial charge in [-0.2, -0.15) is 0 Å². The van der Waals surface area contributed by atoms with Gasteiger partial charge in [0.15, 0.2) is 0 Å². The van der Waals surface area contributed by atoms with E-state index in [1.165, 1.54) is 12.7 Å². The summed E-state index contributed by atoms with van der Waals surface area (Å²) in [5.41, 5.74) is 4.23. The van der Waals surface area contributed by atoms with E-state index in [1.807, 2.05) is 78.9 Å². The summed E-state index contributed by atoms with van der Waals surface area (Å²) >= 11 is 0. The lowest BCUT2D eigenvalue weighted by molar-refractivity contribution is -0.141. The smallest absolute Gasteiger partial charge is 0.325 e. The first-order chi connectivity index (χ1) is 22.0. The highest BCUT2D eigenvalue weighted by atomic mass is 16.5. The van der Waals surface area contributed by atoms with Gasteiger partial charge >= 0.3 is 5.97 Å². The van der Waals surface area contributed by atoms with E-state index in [0.717, 1.165) is 41.1 Å². The van der Waals surface area contributed by atoms with Crippen molar-refractivity contribution in [1.82, 2.24) is 10.2 Å². The van der Waals surface area contributed by atoms with Crippen LogP contribution in [-0.2, 0) is 40.2 Å². The van der Waals surface area contributed by atoms with Gasteiger partial charge in [0.2, 0.25) is 5.91 Å². The van der Waals surface area contributed by atoms with Crippen LogP contribution in [0.1, 0.15) is 28.7 Å². The first-order valence-electron chi connectivity index (χ1n) is 15.2. The number of carbonyl (C=O) groups is 2. The molecule has 0 aromatic heterocycles. The number of hydrogen-bond acceptors (Lipinski definition) is 7. The first-order valence-corrected chi connectivity index (χ1v) is 15.2. The van der Waals surface area contributed by atoms with Gasteiger partial charge in [0.05, 0.1) is 13.2 Å². The van der Waals surface area contributed by atoms with Crippen LogP contribution in [0, 0.1) is 0 Å². The molecule has 4 aromatic carbocycles. The minimum atomic E-state index is -0.619. The van der Waals surface area contributed by atoms with Gasteiger partial charge in [-0.25, -0.2) is 0 Å². The van der Waals surface area contributed by atoms with Crippen LogP contribution in [0.5, 0.6) is 11.5 Å². The Kier molecular flexibility index (Phi) is 10.8. The summed E-state index contributed by atoms with van der Waals surface area (Å²) in [6, 6.07) is 34.2.